The van der Waals surface area contributed by atoms with Gasteiger partial charge in [0.15, 0.2) is 0 Å². The molecule has 0 bridgehead atoms. The molecule has 98 valence electrons. The van der Waals surface area contributed by atoms with E-state index in [1.165, 1.54) is 17.0 Å². The predicted molar refractivity (Wildman–Crippen MR) is 75.3 cm³/mol. The van der Waals surface area contributed by atoms with Crippen molar-refractivity contribution in [1.29, 1.82) is 5.26 Å². The Labute approximate surface area is 116 Å². The number of thiophene rings is 1. The fourth-order valence-corrected chi connectivity index (χ4v) is 2.83. The molecule has 0 aliphatic carbocycles. The Hall–Kier alpha value is -1.70. The first-order chi connectivity index (χ1) is 9.10. The van der Waals surface area contributed by atoms with E-state index in [2.05, 4.69) is 23.3 Å². The highest BCUT2D eigenvalue weighted by Crippen LogP contribution is 2.25. The molecule has 19 heavy (non-hydrogen) atoms. The number of halogens is 1. The molecule has 0 fully saturated rings. The average Bonchev–Trinajstić information content (AvgIpc) is 2.90. The van der Waals surface area contributed by atoms with Crippen LogP contribution in [0.5, 0.6) is 0 Å². The Morgan fingerprint density at radius 1 is 1.42 bits per heavy atom. The molecular weight excluding hydrogens is 259 g/mol. The van der Waals surface area contributed by atoms with Crippen LogP contribution in [0.1, 0.15) is 29.0 Å². The molecule has 1 aromatic heterocycles. The van der Waals surface area contributed by atoms with Crippen molar-refractivity contribution < 1.29 is 4.39 Å². The Morgan fingerprint density at radius 2 is 2.21 bits per heavy atom. The van der Waals surface area contributed by atoms with Gasteiger partial charge in [-0.3, -0.25) is 4.90 Å². The maximum Gasteiger partial charge on any atom is 0.124 e. The van der Waals surface area contributed by atoms with E-state index in [1.54, 1.807) is 17.4 Å². The molecule has 4 heteroatoms. The molecule has 0 aliphatic heterocycles. The van der Waals surface area contributed by atoms with Crippen molar-refractivity contribution in [3.8, 4) is 6.07 Å². The van der Waals surface area contributed by atoms with Gasteiger partial charge in [-0.15, -0.1) is 11.3 Å². The normalized spacial score (nSPS) is 12.4. The molecule has 0 amide bonds. The van der Waals surface area contributed by atoms with Crippen LogP contribution in [0.2, 0.25) is 0 Å². The van der Waals surface area contributed by atoms with Gasteiger partial charge >= 0.3 is 0 Å². The van der Waals surface area contributed by atoms with Crippen molar-refractivity contribution in [3.05, 3.63) is 57.5 Å². The Morgan fingerprint density at radius 3 is 2.84 bits per heavy atom. The second-order valence-electron chi connectivity index (χ2n) is 4.57. The molecule has 1 aromatic carbocycles. The highest BCUT2D eigenvalue weighted by Gasteiger charge is 2.13. The quantitative estimate of drug-likeness (QED) is 0.844. The summed E-state index contributed by atoms with van der Waals surface area (Å²) < 4.78 is 13.4. The molecule has 1 atom stereocenters. The Bertz CT molecular complexity index is 587. The first-order valence-corrected chi connectivity index (χ1v) is 6.91. The van der Waals surface area contributed by atoms with Crippen molar-refractivity contribution >= 4 is 11.3 Å². The largest absolute Gasteiger partial charge is 0.295 e. The first-order valence-electron chi connectivity index (χ1n) is 6.03. The van der Waals surface area contributed by atoms with E-state index in [0.29, 0.717) is 12.1 Å². The van der Waals surface area contributed by atoms with E-state index < -0.39 is 0 Å². The highest BCUT2D eigenvalue weighted by molar-refractivity contribution is 7.10. The molecule has 0 spiro atoms. The molecule has 0 aliphatic rings. The third-order valence-electron chi connectivity index (χ3n) is 3.13. The van der Waals surface area contributed by atoms with Crippen LogP contribution in [0.3, 0.4) is 0 Å². The van der Waals surface area contributed by atoms with Crippen LogP contribution in [0.25, 0.3) is 0 Å². The van der Waals surface area contributed by atoms with E-state index in [9.17, 15) is 4.39 Å². The summed E-state index contributed by atoms with van der Waals surface area (Å²) in [5.74, 6) is -0.355. The summed E-state index contributed by atoms with van der Waals surface area (Å²) in [5.41, 5.74) is 1.19. The standard InChI is InChI=1S/C15H15FN2S/c1-11(15-4-3-5-19-15)18(2)10-13-6-12(9-17)7-14(16)8-13/h3-8,11H,10H2,1-2H3. The molecule has 2 nitrogen and oxygen atoms in total. The highest BCUT2D eigenvalue weighted by atomic mass is 32.1. The second kappa shape index (κ2) is 5.96. The molecule has 2 rings (SSSR count). The van der Waals surface area contributed by atoms with E-state index >= 15 is 0 Å². The summed E-state index contributed by atoms with van der Waals surface area (Å²) in [4.78, 5) is 3.42. The predicted octanol–water partition coefficient (Wildman–Crippen LogP) is 3.95. The van der Waals surface area contributed by atoms with Crippen LogP contribution >= 0.6 is 11.3 Å². The number of hydrogen-bond donors (Lipinski definition) is 0. The smallest absolute Gasteiger partial charge is 0.124 e. The van der Waals surface area contributed by atoms with Gasteiger partial charge in [-0.05, 0) is 49.2 Å². The zero-order chi connectivity index (χ0) is 13.8. The van der Waals surface area contributed by atoms with Crippen LogP contribution in [-0.2, 0) is 6.54 Å². The average molecular weight is 274 g/mol. The minimum absolute atomic E-state index is 0.272. The monoisotopic (exact) mass is 274 g/mol. The molecule has 2 aromatic rings. The van der Waals surface area contributed by atoms with Gasteiger partial charge < -0.3 is 0 Å². The Balaban J connectivity index is 2.13. The van der Waals surface area contributed by atoms with Crippen molar-refractivity contribution in [1.82, 2.24) is 4.90 Å². The van der Waals surface area contributed by atoms with E-state index in [0.717, 1.165) is 5.56 Å². The van der Waals surface area contributed by atoms with Gasteiger partial charge in [0.25, 0.3) is 0 Å². The number of hydrogen-bond acceptors (Lipinski definition) is 3. The maximum absolute atomic E-state index is 13.4. The van der Waals surface area contributed by atoms with Gasteiger partial charge in [0.05, 0.1) is 11.6 Å². The molecular formula is C15H15FN2S. The summed E-state index contributed by atoms with van der Waals surface area (Å²) in [6, 6.07) is 10.9. The van der Waals surface area contributed by atoms with Gasteiger partial charge in [-0.1, -0.05) is 6.07 Å². The van der Waals surface area contributed by atoms with Gasteiger partial charge in [0.2, 0.25) is 0 Å². The lowest BCUT2D eigenvalue weighted by Crippen LogP contribution is -2.21. The molecule has 0 radical (unpaired) electrons. The first kappa shape index (κ1) is 13.7. The fourth-order valence-electron chi connectivity index (χ4n) is 1.98. The molecule has 0 N–H and O–H groups in total. The van der Waals surface area contributed by atoms with Crippen LogP contribution in [0.15, 0.2) is 35.7 Å². The number of nitriles is 1. The van der Waals surface area contributed by atoms with E-state index in [-0.39, 0.29) is 11.9 Å². The lowest BCUT2D eigenvalue weighted by molar-refractivity contribution is 0.256. The van der Waals surface area contributed by atoms with Gasteiger partial charge in [0.1, 0.15) is 5.82 Å². The van der Waals surface area contributed by atoms with Crippen LogP contribution < -0.4 is 0 Å². The zero-order valence-electron chi connectivity index (χ0n) is 10.9. The Kier molecular flexibility index (Phi) is 4.31. The zero-order valence-corrected chi connectivity index (χ0v) is 11.7. The lowest BCUT2D eigenvalue weighted by Gasteiger charge is -2.23. The number of nitrogens with zero attached hydrogens (tertiary/aromatic N) is 2. The van der Waals surface area contributed by atoms with Crippen LogP contribution in [-0.4, -0.2) is 11.9 Å². The summed E-state index contributed by atoms with van der Waals surface area (Å²) in [5, 5.41) is 10.9. The van der Waals surface area contributed by atoms with Gasteiger partial charge in [0, 0.05) is 17.5 Å². The topological polar surface area (TPSA) is 27.0 Å². The molecule has 1 heterocycles. The summed E-state index contributed by atoms with van der Waals surface area (Å²) in [6.07, 6.45) is 0. The van der Waals surface area contributed by atoms with E-state index in [1.807, 2.05) is 19.2 Å². The SMILES string of the molecule is CC(c1cccs1)N(C)Cc1cc(F)cc(C#N)c1. The molecule has 0 saturated heterocycles. The second-order valence-corrected chi connectivity index (χ2v) is 5.55. The van der Waals surface area contributed by atoms with Crippen LogP contribution in [0.4, 0.5) is 4.39 Å². The van der Waals surface area contributed by atoms with Gasteiger partial charge in [-0.2, -0.15) is 5.26 Å². The number of rotatable bonds is 4. The van der Waals surface area contributed by atoms with E-state index in [4.69, 9.17) is 5.26 Å². The van der Waals surface area contributed by atoms with Crippen molar-refractivity contribution in [2.45, 2.75) is 19.5 Å². The molecule has 0 saturated carbocycles. The summed E-state index contributed by atoms with van der Waals surface area (Å²) >= 11 is 1.71. The van der Waals surface area contributed by atoms with Crippen molar-refractivity contribution in [3.63, 3.8) is 0 Å². The van der Waals surface area contributed by atoms with Gasteiger partial charge in [-0.25, -0.2) is 4.39 Å². The fraction of sp³-hybridized carbons (Fsp3) is 0.267. The summed E-state index contributed by atoms with van der Waals surface area (Å²) in [7, 11) is 2.00. The maximum atomic E-state index is 13.4. The van der Waals surface area contributed by atoms with Crippen LogP contribution in [0, 0.1) is 17.1 Å². The third-order valence-corrected chi connectivity index (χ3v) is 4.18. The molecule has 1 unspecified atom stereocenters. The minimum atomic E-state index is -0.355. The lowest BCUT2D eigenvalue weighted by atomic mass is 10.1. The minimum Gasteiger partial charge on any atom is -0.295 e. The number of benzene rings is 1. The third kappa shape index (κ3) is 3.40. The van der Waals surface area contributed by atoms with Crippen molar-refractivity contribution in [2.24, 2.45) is 0 Å². The van der Waals surface area contributed by atoms with Crippen molar-refractivity contribution in [2.75, 3.05) is 7.05 Å². The summed E-state index contributed by atoms with van der Waals surface area (Å²) in [6.45, 7) is 2.74.